The Balaban J connectivity index is 1.73. The molecule has 0 saturated carbocycles. The maximum absolute atomic E-state index is 13.9. The van der Waals surface area contributed by atoms with Gasteiger partial charge in [-0.25, -0.2) is 4.39 Å². The van der Waals surface area contributed by atoms with Crippen molar-refractivity contribution >= 4 is 11.8 Å². The number of hydrogen-bond donors (Lipinski definition) is 1. The van der Waals surface area contributed by atoms with Gasteiger partial charge in [-0.2, -0.15) is 0 Å². The minimum Gasteiger partial charge on any atom is -0.343 e. The number of rotatable bonds is 2. The van der Waals surface area contributed by atoms with Gasteiger partial charge in [-0.3, -0.25) is 14.5 Å². The summed E-state index contributed by atoms with van der Waals surface area (Å²) >= 11 is 0. The minimum atomic E-state index is -0.467. The molecule has 2 atom stereocenters. The molecule has 2 aliphatic rings. The molecular weight excluding hydrogens is 285 g/mol. The average Bonchev–Trinajstić information content (AvgIpc) is 2.49. The second-order valence-electron chi connectivity index (χ2n) is 6.11. The summed E-state index contributed by atoms with van der Waals surface area (Å²) in [6.45, 7) is 5.68. The van der Waals surface area contributed by atoms with Crippen LogP contribution in [0, 0.1) is 12.7 Å². The molecule has 0 aliphatic carbocycles. The largest absolute Gasteiger partial charge is 0.343 e. The molecule has 2 aliphatic heterocycles. The molecule has 6 heteroatoms. The Hall–Kier alpha value is -1.95. The number of nitrogens with one attached hydrogen (secondary N) is 1. The summed E-state index contributed by atoms with van der Waals surface area (Å²) < 4.78 is 13.9. The fourth-order valence-electron chi connectivity index (χ4n) is 3.16. The number of nitrogens with zero attached hydrogens (tertiary/aromatic N) is 2. The standard InChI is InChI=1S/C16H20FN3O2/c1-10-3-4-13(17)12(7-10)8-19-5-6-20-14(9-19)15(21)18-11(2)16(20)22/h3-4,7,11,14H,5-6,8-9H2,1-2H3,(H,18,21)/t11-,14+/m0/s1. The summed E-state index contributed by atoms with van der Waals surface area (Å²) in [6.07, 6.45) is 0. The van der Waals surface area contributed by atoms with Crippen molar-refractivity contribution in [2.45, 2.75) is 32.5 Å². The van der Waals surface area contributed by atoms with Crippen molar-refractivity contribution in [1.82, 2.24) is 15.1 Å². The number of piperazine rings is 2. The first-order valence-corrected chi connectivity index (χ1v) is 7.54. The summed E-state index contributed by atoms with van der Waals surface area (Å²) in [5.74, 6) is -0.390. The smallest absolute Gasteiger partial charge is 0.245 e. The van der Waals surface area contributed by atoms with Gasteiger partial charge in [0.05, 0.1) is 0 Å². The lowest BCUT2D eigenvalue weighted by Gasteiger charge is -2.44. The second-order valence-corrected chi connectivity index (χ2v) is 6.11. The molecule has 0 unspecified atom stereocenters. The summed E-state index contributed by atoms with van der Waals surface area (Å²) in [7, 11) is 0. The van der Waals surface area contributed by atoms with Gasteiger partial charge in [0.1, 0.15) is 17.9 Å². The highest BCUT2D eigenvalue weighted by Gasteiger charge is 2.41. The predicted molar refractivity (Wildman–Crippen MR) is 79.5 cm³/mol. The molecule has 0 spiro atoms. The topological polar surface area (TPSA) is 52.6 Å². The van der Waals surface area contributed by atoms with Gasteiger partial charge in [0.25, 0.3) is 0 Å². The van der Waals surface area contributed by atoms with Crippen LogP contribution in [0.15, 0.2) is 18.2 Å². The Morgan fingerprint density at radius 2 is 2.09 bits per heavy atom. The van der Waals surface area contributed by atoms with E-state index in [2.05, 4.69) is 5.32 Å². The van der Waals surface area contributed by atoms with Crippen LogP contribution in [-0.2, 0) is 16.1 Å². The molecule has 0 bridgehead atoms. The van der Waals surface area contributed by atoms with Gasteiger partial charge in [-0.15, -0.1) is 0 Å². The quantitative estimate of drug-likeness (QED) is 0.873. The van der Waals surface area contributed by atoms with Crippen LogP contribution in [0.5, 0.6) is 0 Å². The Morgan fingerprint density at radius 3 is 2.86 bits per heavy atom. The molecule has 0 aromatic heterocycles. The van der Waals surface area contributed by atoms with Crippen molar-refractivity contribution in [2.24, 2.45) is 0 Å². The Kier molecular flexibility index (Phi) is 3.87. The van der Waals surface area contributed by atoms with Crippen LogP contribution in [0.3, 0.4) is 0 Å². The third kappa shape index (κ3) is 2.70. The summed E-state index contributed by atoms with van der Waals surface area (Å²) in [5, 5.41) is 2.70. The van der Waals surface area contributed by atoms with Gasteiger partial charge in [0.15, 0.2) is 0 Å². The van der Waals surface area contributed by atoms with Crippen LogP contribution < -0.4 is 5.32 Å². The van der Waals surface area contributed by atoms with Crippen LogP contribution in [0.2, 0.25) is 0 Å². The molecule has 2 heterocycles. The summed E-state index contributed by atoms with van der Waals surface area (Å²) in [6, 6.07) is 4.12. The molecule has 0 radical (unpaired) electrons. The number of aryl methyl sites for hydroxylation is 1. The number of halogens is 1. The number of fused-ring (bicyclic) bond motifs is 1. The van der Waals surface area contributed by atoms with Crippen LogP contribution in [0.25, 0.3) is 0 Å². The first-order valence-electron chi connectivity index (χ1n) is 7.54. The lowest BCUT2D eigenvalue weighted by molar-refractivity contribution is -0.152. The van der Waals surface area contributed by atoms with Crippen molar-refractivity contribution < 1.29 is 14.0 Å². The lowest BCUT2D eigenvalue weighted by atomic mass is 10.0. The van der Waals surface area contributed by atoms with E-state index < -0.39 is 12.1 Å². The van der Waals surface area contributed by atoms with Gasteiger partial charge in [0, 0.05) is 31.7 Å². The maximum atomic E-state index is 13.9. The molecular formula is C16H20FN3O2. The zero-order chi connectivity index (χ0) is 15.9. The third-order valence-corrected chi connectivity index (χ3v) is 4.37. The Morgan fingerprint density at radius 1 is 1.32 bits per heavy atom. The van der Waals surface area contributed by atoms with Gasteiger partial charge in [-0.1, -0.05) is 17.7 Å². The number of carbonyl (C=O) groups is 2. The van der Waals surface area contributed by atoms with Crippen molar-refractivity contribution in [3.05, 3.63) is 35.1 Å². The van der Waals surface area contributed by atoms with E-state index in [1.165, 1.54) is 6.07 Å². The van der Waals surface area contributed by atoms with E-state index >= 15 is 0 Å². The van der Waals surface area contributed by atoms with E-state index in [1.807, 2.05) is 17.9 Å². The van der Waals surface area contributed by atoms with Crippen LogP contribution >= 0.6 is 0 Å². The molecule has 5 nitrogen and oxygen atoms in total. The molecule has 1 aromatic rings. The number of hydrogen-bond acceptors (Lipinski definition) is 3. The van der Waals surface area contributed by atoms with Crippen LogP contribution in [-0.4, -0.2) is 53.3 Å². The SMILES string of the molecule is Cc1ccc(F)c(CN2CCN3C(=O)[C@H](C)NC(=O)[C@H]3C2)c1. The monoisotopic (exact) mass is 305 g/mol. The molecule has 1 aromatic carbocycles. The number of carbonyl (C=O) groups excluding carboxylic acids is 2. The Bertz CT molecular complexity index is 619. The highest BCUT2D eigenvalue weighted by Crippen LogP contribution is 2.19. The van der Waals surface area contributed by atoms with E-state index in [4.69, 9.17) is 0 Å². The first-order chi connectivity index (χ1) is 10.5. The zero-order valence-electron chi connectivity index (χ0n) is 12.8. The molecule has 2 amide bonds. The predicted octanol–water partition coefficient (Wildman–Crippen LogP) is 0.665. The lowest BCUT2D eigenvalue weighted by Crippen LogP contribution is -2.68. The third-order valence-electron chi connectivity index (χ3n) is 4.37. The fourth-order valence-corrected chi connectivity index (χ4v) is 3.16. The Labute approximate surface area is 129 Å². The zero-order valence-corrected chi connectivity index (χ0v) is 12.8. The van der Waals surface area contributed by atoms with Crippen molar-refractivity contribution in [3.8, 4) is 0 Å². The fraction of sp³-hybridized carbons (Fsp3) is 0.500. The van der Waals surface area contributed by atoms with Gasteiger partial charge in [0.2, 0.25) is 11.8 Å². The maximum Gasteiger partial charge on any atom is 0.245 e. The van der Waals surface area contributed by atoms with Crippen molar-refractivity contribution in [3.63, 3.8) is 0 Å². The van der Waals surface area contributed by atoms with E-state index in [0.717, 1.165) is 5.56 Å². The molecule has 1 N–H and O–H groups in total. The van der Waals surface area contributed by atoms with E-state index in [-0.39, 0.29) is 17.6 Å². The van der Waals surface area contributed by atoms with Gasteiger partial charge < -0.3 is 10.2 Å². The second kappa shape index (κ2) is 5.68. The average molecular weight is 305 g/mol. The van der Waals surface area contributed by atoms with Gasteiger partial charge in [-0.05, 0) is 19.9 Å². The minimum absolute atomic E-state index is 0.0361. The van der Waals surface area contributed by atoms with E-state index in [9.17, 15) is 14.0 Å². The van der Waals surface area contributed by atoms with Crippen molar-refractivity contribution in [2.75, 3.05) is 19.6 Å². The highest BCUT2D eigenvalue weighted by atomic mass is 19.1. The first kappa shape index (κ1) is 15.0. The van der Waals surface area contributed by atoms with E-state index in [1.54, 1.807) is 17.9 Å². The molecule has 22 heavy (non-hydrogen) atoms. The van der Waals surface area contributed by atoms with Crippen LogP contribution in [0.1, 0.15) is 18.1 Å². The van der Waals surface area contributed by atoms with Crippen molar-refractivity contribution in [1.29, 1.82) is 0 Å². The summed E-state index contributed by atoms with van der Waals surface area (Å²) in [4.78, 5) is 27.9. The number of benzene rings is 1. The molecule has 2 saturated heterocycles. The van der Waals surface area contributed by atoms with Crippen LogP contribution in [0.4, 0.5) is 4.39 Å². The highest BCUT2D eigenvalue weighted by molar-refractivity contribution is 5.97. The molecule has 2 fully saturated rings. The summed E-state index contributed by atoms with van der Waals surface area (Å²) in [5.41, 5.74) is 1.64. The van der Waals surface area contributed by atoms with Gasteiger partial charge >= 0.3 is 0 Å². The molecule has 118 valence electrons. The molecule has 3 rings (SSSR count). The number of amides is 2. The van der Waals surface area contributed by atoms with E-state index in [0.29, 0.717) is 31.7 Å². The normalized spacial score (nSPS) is 25.9.